The van der Waals surface area contributed by atoms with Crippen molar-refractivity contribution in [2.24, 2.45) is 0 Å². The van der Waals surface area contributed by atoms with Crippen LogP contribution in [0.3, 0.4) is 0 Å². The molecular formula is C43H30N2. The van der Waals surface area contributed by atoms with E-state index in [-0.39, 0.29) is 0 Å². The Morgan fingerprint density at radius 2 is 0.756 bits per heavy atom. The van der Waals surface area contributed by atoms with E-state index in [1.807, 2.05) is 0 Å². The summed E-state index contributed by atoms with van der Waals surface area (Å²) in [7, 11) is 0. The van der Waals surface area contributed by atoms with Crippen molar-refractivity contribution < 1.29 is 0 Å². The van der Waals surface area contributed by atoms with Crippen LogP contribution in [0.1, 0.15) is 5.56 Å². The molecule has 212 valence electrons. The van der Waals surface area contributed by atoms with E-state index in [9.17, 15) is 0 Å². The topological polar surface area (TPSA) is 9.86 Å². The van der Waals surface area contributed by atoms with E-state index in [4.69, 9.17) is 0 Å². The molecule has 0 radical (unpaired) electrons. The maximum absolute atomic E-state index is 2.37. The highest BCUT2D eigenvalue weighted by atomic mass is 15.0. The van der Waals surface area contributed by atoms with Crippen LogP contribution in [0.4, 0.5) is 0 Å². The molecule has 0 atom stereocenters. The van der Waals surface area contributed by atoms with E-state index < -0.39 is 0 Å². The maximum Gasteiger partial charge on any atom is 0.0541 e. The van der Waals surface area contributed by atoms with E-state index in [1.54, 1.807) is 0 Å². The molecule has 0 aliphatic rings. The average molecular weight is 575 g/mol. The number of hydrogen-bond acceptors (Lipinski definition) is 0. The third-order valence-electron chi connectivity index (χ3n) is 9.24. The molecule has 0 aliphatic heterocycles. The van der Waals surface area contributed by atoms with E-state index >= 15 is 0 Å². The Morgan fingerprint density at radius 1 is 0.333 bits per heavy atom. The van der Waals surface area contributed by atoms with Gasteiger partial charge in [0.15, 0.2) is 0 Å². The van der Waals surface area contributed by atoms with Crippen LogP contribution in [0.15, 0.2) is 164 Å². The van der Waals surface area contributed by atoms with Gasteiger partial charge in [0.25, 0.3) is 0 Å². The molecule has 2 heteroatoms. The molecule has 2 aromatic heterocycles. The average Bonchev–Trinajstić information content (AvgIpc) is 3.61. The smallest absolute Gasteiger partial charge is 0.0541 e. The van der Waals surface area contributed by atoms with Crippen molar-refractivity contribution in [3.63, 3.8) is 0 Å². The number of aryl methyl sites for hydroxylation is 1. The normalized spacial score (nSPS) is 11.7. The van der Waals surface area contributed by atoms with Crippen LogP contribution < -0.4 is 0 Å². The van der Waals surface area contributed by atoms with Crippen LogP contribution in [-0.4, -0.2) is 9.13 Å². The molecular weight excluding hydrogens is 544 g/mol. The molecule has 0 saturated heterocycles. The minimum absolute atomic E-state index is 1.18. The van der Waals surface area contributed by atoms with Crippen LogP contribution >= 0.6 is 0 Å². The highest BCUT2D eigenvalue weighted by Gasteiger charge is 2.15. The van der Waals surface area contributed by atoms with Crippen LogP contribution in [0.2, 0.25) is 0 Å². The van der Waals surface area contributed by atoms with Gasteiger partial charge in [-0.1, -0.05) is 103 Å². The lowest BCUT2D eigenvalue weighted by Crippen LogP contribution is -1.93. The van der Waals surface area contributed by atoms with Crippen LogP contribution in [0, 0.1) is 6.92 Å². The molecule has 2 heterocycles. The van der Waals surface area contributed by atoms with Crippen molar-refractivity contribution in [1.29, 1.82) is 0 Å². The van der Waals surface area contributed by atoms with Crippen molar-refractivity contribution in [1.82, 2.24) is 9.13 Å². The van der Waals surface area contributed by atoms with Gasteiger partial charge < -0.3 is 9.13 Å². The van der Waals surface area contributed by atoms with Gasteiger partial charge in [-0.3, -0.25) is 0 Å². The summed E-state index contributed by atoms with van der Waals surface area (Å²) in [6.45, 7) is 2.23. The van der Waals surface area contributed by atoms with E-state index in [0.717, 1.165) is 0 Å². The number of nitrogens with zero attached hydrogens (tertiary/aromatic N) is 2. The van der Waals surface area contributed by atoms with E-state index in [0.29, 0.717) is 0 Å². The zero-order chi connectivity index (χ0) is 29.9. The SMILES string of the molecule is Cc1cc(-c2ccc3c(c2)c2ccccc2n3-c2ccccc2)ccc1-c1ccc2c(c1)c1ccccc1n2-c1ccccc1. The first-order valence-corrected chi connectivity index (χ1v) is 15.5. The molecule has 0 aliphatic carbocycles. The van der Waals surface area contributed by atoms with Gasteiger partial charge in [0, 0.05) is 32.9 Å². The van der Waals surface area contributed by atoms with Gasteiger partial charge >= 0.3 is 0 Å². The third kappa shape index (κ3) is 4.03. The molecule has 9 aromatic rings. The fourth-order valence-corrected chi connectivity index (χ4v) is 7.17. The van der Waals surface area contributed by atoms with Gasteiger partial charge in [0.1, 0.15) is 0 Å². The van der Waals surface area contributed by atoms with Crippen LogP contribution in [0.5, 0.6) is 0 Å². The summed E-state index contributed by atoms with van der Waals surface area (Å²) in [5, 5.41) is 5.09. The first-order valence-electron chi connectivity index (χ1n) is 15.5. The second kappa shape index (κ2) is 10.1. The Hall–Kier alpha value is -5.86. The summed E-state index contributed by atoms with van der Waals surface area (Å²) < 4.78 is 4.74. The first kappa shape index (κ1) is 25.6. The van der Waals surface area contributed by atoms with Crippen molar-refractivity contribution in [3.05, 3.63) is 169 Å². The molecule has 0 amide bonds. The molecule has 0 fully saturated rings. The molecule has 0 spiro atoms. The number of rotatable bonds is 4. The Kier molecular flexibility index (Phi) is 5.76. The minimum atomic E-state index is 1.18. The van der Waals surface area contributed by atoms with Crippen molar-refractivity contribution in [3.8, 4) is 33.6 Å². The largest absolute Gasteiger partial charge is 0.309 e. The summed E-state index contributed by atoms with van der Waals surface area (Å²) in [6, 6.07) is 59.4. The van der Waals surface area contributed by atoms with Gasteiger partial charge in [-0.2, -0.15) is 0 Å². The summed E-state index contributed by atoms with van der Waals surface area (Å²) in [6.07, 6.45) is 0. The number of para-hydroxylation sites is 4. The Labute approximate surface area is 262 Å². The van der Waals surface area contributed by atoms with Crippen LogP contribution in [-0.2, 0) is 0 Å². The standard InChI is InChI=1S/C43H30N2/c1-29-26-30(31-21-24-42-38(27-31)36-16-8-10-18-40(36)44(42)33-12-4-2-5-13-33)20-23-35(29)32-22-25-43-39(28-32)37-17-9-11-19-41(37)45(43)34-14-6-3-7-15-34/h2-28H,1H3. The number of fused-ring (bicyclic) bond motifs is 6. The highest BCUT2D eigenvalue weighted by molar-refractivity contribution is 6.11. The fraction of sp³-hybridized carbons (Fsp3) is 0.0233. The van der Waals surface area contributed by atoms with Gasteiger partial charge in [0.2, 0.25) is 0 Å². The zero-order valence-corrected chi connectivity index (χ0v) is 25.0. The van der Waals surface area contributed by atoms with Gasteiger partial charge in [0.05, 0.1) is 22.1 Å². The Balaban J connectivity index is 1.15. The molecule has 0 N–H and O–H groups in total. The van der Waals surface area contributed by atoms with Gasteiger partial charge in [-0.05, 0) is 95.4 Å². The number of aromatic nitrogens is 2. The lowest BCUT2D eigenvalue weighted by molar-refractivity contribution is 1.18. The Morgan fingerprint density at radius 3 is 1.31 bits per heavy atom. The molecule has 9 rings (SSSR count). The fourth-order valence-electron chi connectivity index (χ4n) is 7.17. The quantitative estimate of drug-likeness (QED) is 0.198. The van der Waals surface area contributed by atoms with E-state index in [2.05, 4.69) is 180 Å². The highest BCUT2D eigenvalue weighted by Crippen LogP contribution is 2.38. The second-order valence-electron chi connectivity index (χ2n) is 11.9. The molecule has 45 heavy (non-hydrogen) atoms. The van der Waals surface area contributed by atoms with Crippen LogP contribution in [0.25, 0.3) is 77.2 Å². The van der Waals surface area contributed by atoms with Crippen molar-refractivity contribution in [2.75, 3.05) is 0 Å². The van der Waals surface area contributed by atoms with Gasteiger partial charge in [-0.15, -0.1) is 0 Å². The molecule has 0 bridgehead atoms. The third-order valence-corrected chi connectivity index (χ3v) is 9.24. The molecule has 0 saturated carbocycles. The summed E-state index contributed by atoms with van der Waals surface area (Å²) in [4.78, 5) is 0. The lowest BCUT2D eigenvalue weighted by Gasteiger charge is -2.11. The zero-order valence-electron chi connectivity index (χ0n) is 25.0. The Bertz CT molecular complexity index is 2530. The molecule has 0 unspecified atom stereocenters. The minimum Gasteiger partial charge on any atom is -0.309 e. The van der Waals surface area contributed by atoms with Crippen molar-refractivity contribution in [2.45, 2.75) is 6.92 Å². The van der Waals surface area contributed by atoms with Gasteiger partial charge in [-0.25, -0.2) is 0 Å². The first-order chi connectivity index (χ1) is 22.2. The second-order valence-corrected chi connectivity index (χ2v) is 11.9. The predicted octanol–water partition coefficient (Wildman–Crippen LogP) is 11.5. The summed E-state index contributed by atoms with van der Waals surface area (Å²) in [5.74, 6) is 0. The number of benzene rings is 7. The predicted molar refractivity (Wildman–Crippen MR) is 191 cm³/mol. The molecule has 7 aromatic carbocycles. The maximum atomic E-state index is 2.37. The van der Waals surface area contributed by atoms with E-state index in [1.165, 1.54) is 82.8 Å². The van der Waals surface area contributed by atoms with Crippen molar-refractivity contribution >= 4 is 43.6 Å². The summed E-state index contributed by atoms with van der Waals surface area (Å²) >= 11 is 0. The monoisotopic (exact) mass is 574 g/mol. The lowest BCUT2D eigenvalue weighted by atomic mass is 9.94. The summed E-state index contributed by atoms with van der Waals surface area (Å²) in [5.41, 5.74) is 13.5. The molecule has 2 nitrogen and oxygen atoms in total. The number of hydrogen-bond donors (Lipinski definition) is 0.